The lowest BCUT2D eigenvalue weighted by Crippen LogP contribution is -2.37. The van der Waals surface area contributed by atoms with E-state index in [1.54, 1.807) is 12.1 Å². The maximum atomic E-state index is 9.88. The van der Waals surface area contributed by atoms with Crippen molar-refractivity contribution >= 4 is 11.6 Å². The van der Waals surface area contributed by atoms with E-state index in [1.165, 1.54) is 0 Å². The van der Waals surface area contributed by atoms with Crippen LogP contribution in [0.25, 0.3) is 0 Å². The number of aliphatic hydroxyl groups is 1. The van der Waals surface area contributed by atoms with Crippen molar-refractivity contribution in [2.45, 2.75) is 38.8 Å². The molecule has 2 atom stereocenters. The summed E-state index contributed by atoms with van der Waals surface area (Å²) >= 11 is 5.94. The highest BCUT2D eigenvalue weighted by Crippen LogP contribution is 2.21. The SMILES string of the molecule is C#CCC(CC)NCC(O)COc1ccc(Cl)c(C)c1. The highest BCUT2D eigenvalue weighted by molar-refractivity contribution is 6.31. The molecule has 0 aromatic heterocycles. The Labute approximate surface area is 126 Å². The molecule has 0 saturated carbocycles. The van der Waals surface area contributed by atoms with Crippen LogP contribution in [0.3, 0.4) is 0 Å². The fourth-order valence-corrected chi connectivity index (χ4v) is 1.88. The van der Waals surface area contributed by atoms with Gasteiger partial charge in [0, 0.05) is 24.0 Å². The second-order valence-electron chi connectivity index (χ2n) is 4.80. The highest BCUT2D eigenvalue weighted by Gasteiger charge is 2.09. The molecule has 0 saturated heterocycles. The zero-order chi connectivity index (χ0) is 15.0. The number of aryl methyl sites for hydroxylation is 1. The maximum absolute atomic E-state index is 9.88. The summed E-state index contributed by atoms with van der Waals surface area (Å²) in [7, 11) is 0. The minimum absolute atomic E-state index is 0.237. The fourth-order valence-electron chi connectivity index (χ4n) is 1.76. The van der Waals surface area contributed by atoms with E-state index >= 15 is 0 Å². The van der Waals surface area contributed by atoms with Gasteiger partial charge in [0.25, 0.3) is 0 Å². The van der Waals surface area contributed by atoms with E-state index < -0.39 is 6.10 Å². The van der Waals surface area contributed by atoms with Crippen molar-refractivity contribution in [1.29, 1.82) is 0 Å². The van der Waals surface area contributed by atoms with Gasteiger partial charge in [0.1, 0.15) is 18.5 Å². The van der Waals surface area contributed by atoms with Crippen molar-refractivity contribution in [2.75, 3.05) is 13.2 Å². The molecular weight excluding hydrogens is 274 g/mol. The Morgan fingerprint density at radius 1 is 1.50 bits per heavy atom. The Bertz CT molecular complexity index is 456. The highest BCUT2D eigenvalue weighted by atomic mass is 35.5. The fraction of sp³-hybridized carbons (Fsp3) is 0.500. The molecule has 0 aliphatic heterocycles. The molecular formula is C16H22ClNO2. The molecule has 1 aromatic rings. The quantitative estimate of drug-likeness (QED) is 0.725. The van der Waals surface area contributed by atoms with Gasteiger partial charge in [0.05, 0.1) is 0 Å². The van der Waals surface area contributed by atoms with Gasteiger partial charge in [-0.1, -0.05) is 18.5 Å². The minimum Gasteiger partial charge on any atom is -0.491 e. The van der Waals surface area contributed by atoms with Crippen molar-refractivity contribution in [3.8, 4) is 18.1 Å². The second-order valence-corrected chi connectivity index (χ2v) is 5.20. The summed E-state index contributed by atoms with van der Waals surface area (Å²) in [6, 6.07) is 5.68. The topological polar surface area (TPSA) is 41.5 Å². The first-order valence-electron chi connectivity index (χ1n) is 6.80. The number of rotatable bonds is 8. The van der Waals surface area contributed by atoms with Crippen molar-refractivity contribution in [2.24, 2.45) is 0 Å². The number of hydrogen-bond acceptors (Lipinski definition) is 3. The predicted octanol–water partition coefficient (Wildman–Crippen LogP) is 2.78. The lowest BCUT2D eigenvalue weighted by atomic mass is 10.1. The Morgan fingerprint density at radius 2 is 2.25 bits per heavy atom. The van der Waals surface area contributed by atoms with Crippen LogP contribution < -0.4 is 10.1 Å². The lowest BCUT2D eigenvalue weighted by Gasteiger charge is -2.18. The monoisotopic (exact) mass is 295 g/mol. The van der Waals surface area contributed by atoms with Crippen LogP contribution >= 0.6 is 11.6 Å². The molecule has 0 amide bonds. The van der Waals surface area contributed by atoms with E-state index in [4.69, 9.17) is 22.8 Å². The third kappa shape index (κ3) is 5.83. The molecule has 1 rings (SSSR count). The molecule has 0 fully saturated rings. The molecule has 20 heavy (non-hydrogen) atoms. The van der Waals surface area contributed by atoms with Crippen LogP contribution in [0.1, 0.15) is 25.3 Å². The lowest BCUT2D eigenvalue weighted by molar-refractivity contribution is 0.103. The first-order chi connectivity index (χ1) is 9.56. The molecule has 3 nitrogen and oxygen atoms in total. The third-order valence-electron chi connectivity index (χ3n) is 3.07. The van der Waals surface area contributed by atoms with Crippen LogP contribution in [0.2, 0.25) is 5.02 Å². The summed E-state index contributed by atoms with van der Waals surface area (Å²) in [4.78, 5) is 0. The summed E-state index contributed by atoms with van der Waals surface area (Å²) in [5.41, 5.74) is 0.955. The van der Waals surface area contributed by atoms with Crippen molar-refractivity contribution < 1.29 is 9.84 Å². The second kappa shape index (κ2) is 8.86. The van der Waals surface area contributed by atoms with Crippen molar-refractivity contribution in [3.63, 3.8) is 0 Å². The molecule has 0 radical (unpaired) electrons. The van der Waals surface area contributed by atoms with Gasteiger partial charge in [0.2, 0.25) is 0 Å². The Morgan fingerprint density at radius 3 is 2.85 bits per heavy atom. The molecule has 0 spiro atoms. The van der Waals surface area contributed by atoms with E-state index in [0.29, 0.717) is 23.7 Å². The summed E-state index contributed by atoms with van der Waals surface area (Å²) in [5, 5.41) is 13.8. The number of benzene rings is 1. The minimum atomic E-state index is -0.571. The van der Waals surface area contributed by atoms with Gasteiger partial charge in [-0.15, -0.1) is 12.3 Å². The molecule has 4 heteroatoms. The number of nitrogens with one attached hydrogen (secondary N) is 1. The number of terminal acetylenes is 1. The molecule has 2 N–H and O–H groups in total. The van der Waals surface area contributed by atoms with Crippen LogP contribution in [0.5, 0.6) is 5.75 Å². The van der Waals surface area contributed by atoms with Gasteiger partial charge in [-0.05, 0) is 37.1 Å². The van der Waals surface area contributed by atoms with Crippen LogP contribution in [0.4, 0.5) is 0 Å². The number of hydrogen-bond donors (Lipinski definition) is 2. The average Bonchev–Trinajstić information content (AvgIpc) is 2.44. The van der Waals surface area contributed by atoms with E-state index in [0.717, 1.165) is 12.0 Å². The maximum Gasteiger partial charge on any atom is 0.119 e. The molecule has 2 unspecified atom stereocenters. The number of aliphatic hydroxyl groups excluding tert-OH is 1. The van der Waals surface area contributed by atoms with Crippen molar-refractivity contribution in [1.82, 2.24) is 5.32 Å². The average molecular weight is 296 g/mol. The summed E-state index contributed by atoms with van der Waals surface area (Å²) in [5.74, 6) is 3.33. The molecule has 0 bridgehead atoms. The Balaban J connectivity index is 2.34. The van der Waals surface area contributed by atoms with Gasteiger partial charge in [0.15, 0.2) is 0 Å². The van der Waals surface area contributed by atoms with E-state index in [1.807, 2.05) is 13.0 Å². The van der Waals surface area contributed by atoms with E-state index in [9.17, 15) is 5.11 Å². The normalized spacial score (nSPS) is 13.6. The Kier molecular flexibility index (Phi) is 7.46. The van der Waals surface area contributed by atoms with Crippen LogP contribution in [-0.4, -0.2) is 30.4 Å². The summed E-state index contributed by atoms with van der Waals surface area (Å²) < 4.78 is 5.54. The first-order valence-corrected chi connectivity index (χ1v) is 7.18. The summed E-state index contributed by atoms with van der Waals surface area (Å²) in [6.45, 7) is 4.68. The van der Waals surface area contributed by atoms with Crippen LogP contribution in [-0.2, 0) is 0 Å². The molecule has 1 aromatic carbocycles. The van der Waals surface area contributed by atoms with Crippen molar-refractivity contribution in [3.05, 3.63) is 28.8 Å². The van der Waals surface area contributed by atoms with E-state index in [2.05, 4.69) is 18.2 Å². The molecule has 0 aliphatic carbocycles. The zero-order valence-corrected chi connectivity index (χ0v) is 12.8. The van der Waals surface area contributed by atoms with Gasteiger partial charge in [-0.2, -0.15) is 0 Å². The van der Waals surface area contributed by atoms with E-state index in [-0.39, 0.29) is 12.6 Å². The molecule has 0 aliphatic rings. The number of ether oxygens (including phenoxy) is 1. The van der Waals surface area contributed by atoms with Gasteiger partial charge in [-0.25, -0.2) is 0 Å². The molecule has 0 heterocycles. The van der Waals surface area contributed by atoms with Gasteiger partial charge in [-0.3, -0.25) is 0 Å². The van der Waals surface area contributed by atoms with Gasteiger partial charge >= 0.3 is 0 Å². The number of halogens is 1. The molecule has 110 valence electrons. The largest absolute Gasteiger partial charge is 0.491 e. The predicted molar refractivity (Wildman–Crippen MR) is 83.2 cm³/mol. The van der Waals surface area contributed by atoms with Gasteiger partial charge < -0.3 is 15.2 Å². The van der Waals surface area contributed by atoms with Crippen LogP contribution in [0, 0.1) is 19.3 Å². The van der Waals surface area contributed by atoms with Crippen LogP contribution in [0.15, 0.2) is 18.2 Å². The third-order valence-corrected chi connectivity index (χ3v) is 3.50. The zero-order valence-electron chi connectivity index (χ0n) is 12.0. The Hall–Kier alpha value is -1.21. The first kappa shape index (κ1) is 16.8. The smallest absolute Gasteiger partial charge is 0.119 e. The standard InChI is InChI=1S/C16H22ClNO2/c1-4-6-13(5-2)18-10-14(19)11-20-15-7-8-16(17)12(3)9-15/h1,7-9,13-14,18-19H,5-6,10-11H2,2-3H3. The summed E-state index contributed by atoms with van der Waals surface area (Å²) in [6.07, 6.45) is 6.32.